The zero-order valence-corrected chi connectivity index (χ0v) is 28.5. The molecule has 4 heterocycles. The summed E-state index contributed by atoms with van der Waals surface area (Å²) >= 11 is 0. The van der Waals surface area contributed by atoms with Gasteiger partial charge in [-0.2, -0.15) is 0 Å². The van der Waals surface area contributed by atoms with Gasteiger partial charge in [0, 0.05) is 48.9 Å². The lowest BCUT2D eigenvalue weighted by Gasteiger charge is -2.35. The van der Waals surface area contributed by atoms with Gasteiger partial charge in [-0.3, -0.25) is 4.90 Å². The molecule has 6 atom stereocenters. The van der Waals surface area contributed by atoms with Crippen LogP contribution in [0.15, 0.2) is 48.6 Å². The van der Waals surface area contributed by atoms with Gasteiger partial charge in [0.25, 0.3) is 0 Å². The average Bonchev–Trinajstić information content (AvgIpc) is 3.48. The number of hydrogen-bond donors (Lipinski definition) is 2. The van der Waals surface area contributed by atoms with Crippen LogP contribution < -0.4 is 18.9 Å². The van der Waals surface area contributed by atoms with Crippen molar-refractivity contribution in [3.8, 4) is 23.0 Å². The molecule has 0 bridgehead atoms. The van der Waals surface area contributed by atoms with Gasteiger partial charge in [0.2, 0.25) is 0 Å². The van der Waals surface area contributed by atoms with Crippen LogP contribution in [0.3, 0.4) is 0 Å². The maximum atomic E-state index is 10.4. The second-order valence-electron chi connectivity index (χ2n) is 14.9. The fourth-order valence-corrected chi connectivity index (χ4v) is 9.56. The van der Waals surface area contributed by atoms with Gasteiger partial charge in [-0.25, -0.2) is 4.58 Å². The first-order valence-corrected chi connectivity index (χ1v) is 18.3. The highest BCUT2D eigenvalue weighted by molar-refractivity contribution is 5.83. The number of hydrogen-bond acceptors (Lipinski definition) is 7. The van der Waals surface area contributed by atoms with Crippen LogP contribution in [0.4, 0.5) is 0 Å². The molecule has 0 radical (unpaired) electrons. The van der Waals surface area contributed by atoms with Gasteiger partial charge in [0.15, 0.2) is 29.2 Å². The summed E-state index contributed by atoms with van der Waals surface area (Å²) < 4.78 is 26.8. The summed E-state index contributed by atoms with van der Waals surface area (Å²) in [5.41, 5.74) is 4.72. The summed E-state index contributed by atoms with van der Waals surface area (Å²) in [6, 6.07) is 8.48. The third-order valence-electron chi connectivity index (χ3n) is 12.1. The maximum Gasteiger partial charge on any atom is 0.171 e. The number of aliphatic hydroxyl groups excluding tert-OH is 2. The molecule has 2 aromatic carbocycles. The summed E-state index contributed by atoms with van der Waals surface area (Å²) in [5.74, 6) is 3.33. The van der Waals surface area contributed by atoms with E-state index in [0.717, 1.165) is 68.6 Å². The minimum Gasteiger partial charge on any atom is -0.493 e. The van der Waals surface area contributed by atoms with Crippen molar-refractivity contribution in [3.63, 3.8) is 0 Å². The van der Waals surface area contributed by atoms with E-state index in [0.29, 0.717) is 12.8 Å². The predicted octanol–water partition coefficient (Wildman–Crippen LogP) is 5.42. The lowest BCUT2D eigenvalue weighted by atomic mass is 9.69. The molecule has 8 rings (SSSR count). The third kappa shape index (κ3) is 5.35. The smallest absolute Gasteiger partial charge is 0.171 e. The number of benzene rings is 2. The molecule has 8 heteroatoms. The summed E-state index contributed by atoms with van der Waals surface area (Å²) in [6.07, 6.45) is 20.4. The number of methoxy groups -OCH3 is 2. The topological polar surface area (TPSA) is 83.6 Å². The molecule has 2 N–H and O–H groups in total. The average molecular weight is 656 g/mol. The van der Waals surface area contributed by atoms with Crippen molar-refractivity contribution in [1.29, 1.82) is 0 Å². The molecule has 2 spiro atoms. The first-order valence-electron chi connectivity index (χ1n) is 18.3. The first-order chi connectivity index (χ1) is 23.4. The van der Waals surface area contributed by atoms with E-state index in [1.807, 2.05) is 18.2 Å². The molecule has 0 saturated heterocycles. The Kier molecular flexibility index (Phi) is 8.54. The van der Waals surface area contributed by atoms with Crippen molar-refractivity contribution >= 4 is 6.21 Å². The molecule has 0 aromatic heterocycles. The van der Waals surface area contributed by atoms with E-state index in [2.05, 4.69) is 46.0 Å². The Labute approximate surface area is 284 Å². The molecular weight excluding hydrogens is 604 g/mol. The quantitative estimate of drug-likeness (QED) is 0.190. The summed E-state index contributed by atoms with van der Waals surface area (Å²) in [7, 11) is 3.41. The van der Waals surface area contributed by atoms with E-state index in [1.54, 1.807) is 14.2 Å². The van der Waals surface area contributed by atoms with Crippen LogP contribution in [0.5, 0.6) is 23.0 Å². The zero-order chi connectivity index (χ0) is 32.9. The van der Waals surface area contributed by atoms with Crippen molar-refractivity contribution < 1.29 is 33.7 Å². The van der Waals surface area contributed by atoms with E-state index in [4.69, 9.17) is 18.9 Å². The van der Waals surface area contributed by atoms with Gasteiger partial charge in [0.1, 0.15) is 25.3 Å². The highest BCUT2D eigenvalue weighted by Crippen LogP contribution is 2.56. The fourth-order valence-electron chi connectivity index (χ4n) is 9.56. The summed E-state index contributed by atoms with van der Waals surface area (Å²) in [5, 5.41) is 20.7. The van der Waals surface area contributed by atoms with Gasteiger partial charge in [0.05, 0.1) is 37.3 Å². The summed E-state index contributed by atoms with van der Waals surface area (Å²) in [4.78, 5) is 2.62. The van der Waals surface area contributed by atoms with Crippen LogP contribution >= 0.6 is 0 Å². The van der Waals surface area contributed by atoms with E-state index >= 15 is 0 Å². The Morgan fingerprint density at radius 1 is 0.792 bits per heavy atom. The van der Waals surface area contributed by atoms with Crippen LogP contribution in [0.1, 0.15) is 86.5 Å². The Balaban J connectivity index is 0.825. The van der Waals surface area contributed by atoms with Crippen molar-refractivity contribution in [2.24, 2.45) is 0 Å². The molecule has 1 unspecified atom stereocenters. The number of rotatable bonds is 11. The zero-order valence-electron chi connectivity index (χ0n) is 28.5. The minimum absolute atomic E-state index is 0.0351. The lowest BCUT2D eigenvalue weighted by molar-refractivity contribution is -0.524. The summed E-state index contributed by atoms with van der Waals surface area (Å²) in [6.45, 7) is 5.13. The van der Waals surface area contributed by atoms with Crippen LogP contribution in [-0.4, -0.2) is 90.7 Å². The monoisotopic (exact) mass is 655 g/mol. The fraction of sp³-hybridized carbons (Fsp3) is 0.575. The standard InChI is InChI=1S/C40H51N2O6/c1-45-31-11-9-27-25-41(21-17-39-15-13-29(43)23-33(39)47-37(31)35(27)39)19-7-5-3-4-6-8-20-42-22-18-40-16-14-30(44)24-34(40)48-38-32(46-2)12-10-28(26-42)36(38)40/h9-16,25,29-30,33-34,43-44H,3-8,17-24,26H2,1-2H3/q+1/t29-,30-,33?,34-,39-,40-/m0/s1. The Morgan fingerprint density at radius 2 is 1.42 bits per heavy atom. The van der Waals surface area contributed by atoms with E-state index in [1.165, 1.54) is 60.8 Å². The molecule has 0 fully saturated rings. The van der Waals surface area contributed by atoms with Crippen molar-refractivity contribution in [2.45, 2.75) is 106 Å². The lowest BCUT2D eigenvalue weighted by Crippen LogP contribution is -2.43. The van der Waals surface area contributed by atoms with Crippen molar-refractivity contribution in [1.82, 2.24) is 4.90 Å². The highest BCUT2D eigenvalue weighted by Gasteiger charge is 2.54. The molecule has 0 saturated carbocycles. The molecule has 2 aromatic rings. The van der Waals surface area contributed by atoms with Crippen LogP contribution in [-0.2, 0) is 17.4 Å². The van der Waals surface area contributed by atoms with Gasteiger partial charge >= 0.3 is 0 Å². The number of unbranched alkanes of at least 4 members (excludes halogenated alkanes) is 5. The van der Waals surface area contributed by atoms with Gasteiger partial charge in [-0.15, -0.1) is 0 Å². The molecule has 0 amide bonds. The Hall–Kier alpha value is -3.33. The molecule has 8 nitrogen and oxygen atoms in total. The van der Waals surface area contributed by atoms with Crippen molar-refractivity contribution in [3.05, 3.63) is 70.8 Å². The van der Waals surface area contributed by atoms with Crippen LogP contribution in [0.25, 0.3) is 0 Å². The van der Waals surface area contributed by atoms with E-state index in [-0.39, 0.29) is 23.0 Å². The minimum atomic E-state index is -0.457. The van der Waals surface area contributed by atoms with Gasteiger partial charge in [-0.05, 0) is 56.1 Å². The van der Waals surface area contributed by atoms with E-state index in [9.17, 15) is 10.2 Å². The van der Waals surface area contributed by atoms with Crippen molar-refractivity contribution in [2.75, 3.05) is 40.4 Å². The van der Waals surface area contributed by atoms with Gasteiger partial charge in [-0.1, -0.05) is 49.6 Å². The Morgan fingerprint density at radius 3 is 2.12 bits per heavy atom. The SMILES string of the molecule is COc1ccc2c3c1OC1C[C@@H](O)C=C[C@@]31CC[N+](CCCCCCCCN1CC[C@@]34C=C[C@H](O)C[C@@H]3Oc3c(OC)ccc(c34)C1)=C2. The predicted molar refractivity (Wildman–Crippen MR) is 185 cm³/mol. The normalized spacial score (nSPS) is 31.0. The molecule has 6 aliphatic rings. The maximum absolute atomic E-state index is 10.4. The number of nitrogens with zero attached hydrogens (tertiary/aromatic N) is 2. The van der Waals surface area contributed by atoms with Crippen LogP contribution in [0, 0.1) is 0 Å². The third-order valence-corrected chi connectivity index (χ3v) is 12.1. The second kappa shape index (κ2) is 12.8. The number of aliphatic hydroxyl groups is 2. The molecule has 4 aliphatic heterocycles. The highest BCUT2D eigenvalue weighted by atomic mass is 16.5. The molecule has 2 aliphatic carbocycles. The largest absolute Gasteiger partial charge is 0.493 e. The Bertz CT molecular complexity index is 1630. The van der Waals surface area contributed by atoms with E-state index < -0.39 is 12.2 Å². The second-order valence-corrected chi connectivity index (χ2v) is 14.9. The van der Waals surface area contributed by atoms with Gasteiger partial charge < -0.3 is 29.2 Å². The number of ether oxygens (including phenoxy) is 4. The molecule has 256 valence electrons. The first kappa shape index (κ1) is 31.9. The van der Waals surface area contributed by atoms with Crippen LogP contribution in [0.2, 0.25) is 0 Å². The molecular formula is C40H51N2O6+. The molecule has 48 heavy (non-hydrogen) atoms.